The van der Waals surface area contributed by atoms with Gasteiger partial charge in [-0.3, -0.25) is 9.11 Å². The molecule has 8 aromatic carbocycles. The Morgan fingerprint density at radius 3 is 1.68 bits per heavy atom. The number of phenols is 4. The third-order valence-electron chi connectivity index (χ3n) is 9.21. The Hall–Kier alpha value is -6.98. The van der Waals surface area contributed by atoms with Crippen LogP contribution in [0.2, 0.25) is 0 Å². The molecular weight excluding hydrogens is 761 g/mol. The highest BCUT2D eigenvalue weighted by molar-refractivity contribution is 7.86. The molecule has 56 heavy (non-hydrogen) atoms. The van der Waals surface area contributed by atoms with Crippen LogP contribution < -0.4 is 0 Å². The first kappa shape index (κ1) is 36.0. The molecule has 0 aliphatic rings. The second kappa shape index (κ2) is 13.4. The Labute approximate surface area is 317 Å². The van der Waals surface area contributed by atoms with Gasteiger partial charge in [0.15, 0.2) is 0 Å². The lowest BCUT2D eigenvalue weighted by molar-refractivity contribution is 0.474. The predicted octanol–water partition coefficient (Wildman–Crippen LogP) is 10.1. The summed E-state index contributed by atoms with van der Waals surface area (Å²) in [6, 6.07) is 29.3. The second-order valence-electron chi connectivity index (χ2n) is 12.7. The van der Waals surface area contributed by atoms with Crippen molar-refractivity contribution in [3.8, 4) is 34.1 Å². The Kier molecular flexibility index (Phi) is 8.62. The highest BCUT2D eigenvalue weighted by Gasteiger charge is 2.23. The van der Waals surface area contributed by atoms with E-state index in [0.717, 1.165) is 0 Å². The average molecular weight is 787 g/mol. The first-order valence-corrected chi connectivity index (χ1v) is 19.4. The number of benzene rings is 8. The van der Waals surface area contributed by atoms with Gasteiger partial charge in [-0.05, 0) is 99.4 Å². The molecule has 278 valence electrons. The molecule has 0 aliphatic carbocycles. The molecule has 6 N–H and O–H groups in total. The Balaban J connectivity index is 1.33. The van der Waals surface area contributed by atoms with Crippen LogP contribution in [0.1, 0.15) is 0 Å². The van der Waals surface area contributed by atoms with E-state index in [9.17, 15) is 46.4 Å². The summed E-state index contributed by atoms with van der Waals surface area (Å²) < 4.78 is 70.2. The number of hydrogen-bond acceptors (Lipinski definition) is 12. The van der Waals surface area contributed by atoms with Crippen molar-refractivity contribution in [1.29, 1.82) is 0 Å². The fraction of sp³-hybridized carbons (Fsp3) is 0. The molecule has 14 nitrogen and oxygen atoms in total. The molecule has 0 atom stereocenters. The minimum atomic E-state index is -4.86. The normalized spacial score (nSPS) is 12.5. The minimum absolute atomic E-state index is 0.00572. The molecule has 0 bridgehead atoms. The van der Waals surface area contributed by atoms with Crippen molar-refractivity contribution in [1.82, 2.24) is 0 Å². The van der Waals surface area contributed by atoms with Gasteiger partial charge in [0.2, 0.25) is 0 Å². The zero-order chi connectivity index (χ0) is 39.5. The lowest BCUT2D eigenvalue weighted by Crippen LogP contribution is -1.99. The van der Waals surface area contributed by atoms with Crippen LogP contribution in [0.3, 0.4) is 0 Å². The summed E-state index contributed by atoms with van der Waals surface area (Å²) in [6.07, 6.45) is 0. The van der Waals surface area contributed by atoms with Gasteiger partial charge >= 0.3 is 0 Å². The number of hydrogen-bond donors (Lipinski definition) is 6. The molecule has 0 radical (unpaired) electrons. The fourth-order valence-electron chi connectivity index (χ4n) is 6.78. The number of phenolic OH excluding ortho intramolecular Hbond substituents is 4. The minimum Gasteiger partial charge on any atom is -0.508 e. The summed E-state index contributed by atoms with van der Waals surface area (Å²) in [5.41, 5.74) is 0.633. The molecule has 0 amide bonds. The SMILES string of the molecule is O=S(=O)(O)c1cccc2cccc(/N=N/c3c(O)cc(-c4ccc(/N=N/c5c(O)ccc6ccc(O)cc56)c5c(S(=O)(=O)O)cccc45)c4cc(O)ccc34)c12. The molecule has 0 saturated heterocycles. The molecule has 0 aromatic heterocycles. The number of nitrogens with zero attached hydrogens (tertiary/aromatic N) is 4. The molecular formula is C40H26N4O10S2. The van der Waals surface area contributed by atoms with Gasteiger partial charge in [-0.1, -0.05) is 54.6 Å². The van der Waals surface area contributed by atoms with Crippen molar-refractivity contribution < 1.29 is 46.4 Å². The van der Waals surface area contributed by atoms with E-state index in [0.29, 0.717) is 32.7 Å². The molecule has 0 spiro atoms. The highest BCUT2D eigenvalue weighted by Crippen LogP contribution is 2.47. The maximum absolute atomic E-state index is 12.8. The first-order chi connectivity index (χ1) is 26.7. The van der Waals surface area contributed by atoms with E-state index in [1.54, 1.807) is 42.5 Å². The lowest BCUT2D eigenvalue weighted by atomic mass is 9.92. The summed E-state index contributed by atoms with van der Waals surface area (Å²) in [6.45, 7) is 0. The lowest BCUT2D eigenvalue weighted by Gasteiger charge is -2.15. The standard InChI is InChI=1S/C40H26N4O10S2/c45-23-12-10-21-11-17-33(47)40(28(21)18-23)44-42-32-16-15-25(26-6-3-9-36(38(26)32)56(52,53)54)30-20-34(48)39(27-14-13-24(46)19-29(27)30)43-41-31-7-1-4-22-5-2-8-35(37(22)31)55(49,50)51/h1-20,45-48H,(H,49,50,51)(H,52,53,54)/b43-41+,44-42+. The van der Waals surface area contributed by atoms with Gasteiger partial charge < -0.3 is 20.4 Å². The number of aromatic hydroxyl groups is 4. The molecule has 0 unspecified atom stereocenters. The summed E-state index contributed by atoms with van der Waals surface area (Å²) in [5, 5.41) is 62.3. The van der Waals surface area contributed by atoms with Crippen LogP contribution in [0.15, 0.2) is 152 Å². The monoisotopic (exact) mass is 786 g/mol. The van der Waals surface area contributed by atoms with E-state index in [1.807, 2.05) is 0 Å². The average Bonchev–Trinajstić information content (AvgIpc) is 3.15. The summed E-state index contributed by atoms with van der Waals surface area (Å²) >= 11 is 0. The molecule has 0 aliphatic heterocycles. The third kappa shape index (κ3) is 6.37. The number of rotatable bonds is 7. The van der Waals surface area contributed by atoms with Gasteiger partial charge in [-0.2, -0.15) is 16.8 Å². The van der Waals surface area contributed by atoms with Crippen molar-refractivity contribution >= 4 is 86.1 Å². The maximum Gasteiger partial charge on any atom is 0.295 e. The maximum atomic E-state index is 12.8. The summed E-state index contributed by atoms with van der Waals surface area (Å²) in [7, 11) is -9.51. The van der Waals surface area contributed by atoms with Gasteiger partial charge in [0.25, 0.3) is 20.2 Å². The molecule has 8 aromatic rings. The van der Waals surface area contributed by atoms with Crippen LogP contribution in [0.5, 0.6) is 23.0 Å². The largest absolute Gasteiger partial charge is 0.508 e. The molecule has 0 heterocycles. The summed E-state index contributed by atoms with van der Waals surface area (Å²) in [4.78, 5) is -0.891. The summed E-state index contributed by atoms with van der Waals surface area (Å²) in [5.74, 6) is -0.902. The van der Waals surface area contributed by atoms with Crippen LogP contribution >= 0.6 is 0 Å². The van der Waals surface area contributed by atoms with E-state index < -0.39 is 30.9 Å². The van der Waals surface area contributed by atoms with Crippen LogP contribution in [0.4, 0.5) is 22.7 Å². The second-order valence-corrected chi connectivity index (χ2v) is 15.4. The predicted molar refractivity (Wildman–Crippen MR) is 209 cm³/mol. The zero-order valence-corrected chi connectivity index (χ0v) is 30.1. The van der Waals surface area contributed by atoms with E-state index in [1.165, 1.54) is 78.9 Å². The van der Waals surface area contributed by atoms with E-state index >= 15 is 0 Å². The van der Waals surface area contributed by atoms with Gasteiger partial charge in [0.05, 0.1) is 11.4 Å². The molecule has 0 fully saturated rings. The zero-order valence-electron chi connectivity index (χ0n) is 28.5. The quantitative estimate of drug-likeness (QED) is 0.0660. The Morgan fingerprint density at radius 2 is 0.982 bits per heavy atom. The highest BCUT2D eigenvalue weighted by atomic mass is 32.2. The fourth-order valence-corrected chi connectivity index (χ4v) is 8.23. The van der Waals surface area contributed by atoms with Crippen LogP contribution in [-0.2, 0) is 20.2 Å². The third-order valence-corrected chi connectivity index (χ3v) is 11.0. The Bertz CT molecular complexity index is 3250. The van der Waals surface area contributed by atoms with Crippen molar-refractivity contribution in [3.63, 3.8) is 0 Å². The van der Waals surface area contributed by atoms with Crippen molar-refractivity contribution in [2.24, 2.45) is 20.5 Å². The first-order valence-electron chi connectivity index (χ1n) is 16.5. The molecule has 8 rings (SSSR count). The Morgan fingerprint density at radius 1 is 0.411 bits per heavy atom. The van der Waals surface area contributed by atoms with Gasteiger partial charge in [0, 0.05) is 21.5 Å². The van der Waals surface area contributed by atoms with Gasteiger partial charge in [-0.25, -0.2) is 0 Å². The topological polar surface area (TPSA) is 239 Å². The van der Waals surface area contributed by atoms with Gasteiger partial charge in [0.1, 0.15) is 44.2 Å². The van der Waals surface area contributed by atoms with Crippen LogP contribution in [0, 0.1) is 0 Å². The van der Waals surface area contributed by atoms with Gasteiger partial charge in [-0.15, -0.1) is 20.5 Å². The smallest absolute Gasteiger partial charge is 0.295 e. The number of fused-ring (bicyclic) bond motifs is 4. The van der Waals surface area contributed by atoms with E-state index in [-0.39, 0.29) is 66.4 Å². The van der Waals surface area contributed by atoms with Crippen LogP contribution in [0.25, 0.3) is 54.2 Å². The molecule has 0 saturated carbocycles. The van der Waals surface area contributed by atoms with E-state index in [2.05, 4.69) is 20.5 Å². The van der Waals surface area contributed by atoms with E-state index in [4.69, 9.17) is 0 Å². The van der Waals surface area contributed by atoms with Crippen molar-refractivity contribution in [2.45, 2.75) is 9.79 Å². The van der Waals surface area contributed by atoms with Crippen molar-refractivity contribution in [3.05, 3.63) is 121 Å². The van der Waals surface area contributed by atoms with Crippen molar-refractivity contribution in [2.75, 3.05) is 0 Å². The molecule has 16 heteroatoms. The number of azo groups is 2. The van der Waals surface area contributed by atoms with Crippen LogP contribution in [-0.4, -0.2) is 46.4 Å².